The second-order valence-corrected chi connectivity index (χ2v) is 12.1. The third kappa shape index (κ3) is 7.93. The third-order valence-corrected chi connectivity index (χ3v) is 8.08. The SMILES string of the molecule is CC.COc1ncnc(C2CC2)c1-c1ncc2cnn(Cc3ccc(-c4nc(C(F)(F)F)cn4C(C)C)cc3)c2n1.Cc1ccc(O)c(C)c1. The molecular weight excluding hydrogens is 645 g/mol. The summed E-state index contributed by atoms with van der Waals surface area (Å²) in [7, 11) is 1.56. The first kappa shape index (κ1) is 36.0. The van der Waals surface area contributed by atoms with Gasteiger partial charge in [0.1, 0.15) is 23.5 Å². The van der Waals surface area contributed by atoms with E-state index in [1.54, 1.807) is 42.4 Å². The Morgan fingerprint density at radius 3 is 2.28 bits per heavy atom. The fourth-order valence-electron chi connectivity index (χ4n) is 5.39. The van der Waals surface area contributed by atoms with E-state index < -0.39 is 11.9 Å². The summed E-state index contributed by atoms with van der Waals surface area (Å²) in [6.07, 6.45) is 3.58. The molecule has 7 rings (SSSR count). The Balaban J connectivity index is 0.000000382. The highest BCUT2D eigenvalue weighted by molar-refractivity contribution is 5.77. The van der Waals surface area contributed by atoms with Crippen LogP contribution in [-0.4, -0.2) is 51.5 Å². The maximum Gasteiger partial charge on any atom is 0.434 e. The number of hydrogen-bond acceptors (Lipinski definition) is 8. The maximum atomic E-state index is 13.3. The number of phenolic OH excluding ortho intramolecular Hbond substituents is 1. The average Bonchev–Trinajstić information content (AvgIpc) is 3.72. The summed E-state index contributed by atoms with van der Waals surface area (Å²) < 4.78 is 48.7. The van der Waals surface area contributed by atoms with E-state index in [1.807, 2.05) is 65.8 Å². The molecule has 0 amide bonds. The largest absolute Gasteiger partial charge is 0.508 e. The van der Waals surface area contributed by atoms with Gasteiger partial charge in [0.2, 0.25) is 5.88 Å². The van der Waals surface area contributed by atoms with E-state index in [-0.39, 0.29) is 11.9 Å². The first-order valence-corrected chi connectivity index (χ1v) is 16.5. The van der Waals surface area contributed by atoms with E-state index in [0.29, 0.717) is 46.7 Å². The van der Waals surface area contributed by atoms with Crippen molar-refractivity contribution in [3.05, 3.63) is 95.5 Å². The lowest BCUT2D eigenvalue weighted by Gasteiger charge is -2.12. The molecule has 10 nitrogen and oxygen atoms in total. The predicted octanol–water partition coefficient (Wildman–Crippen LogP) is 8.72. The third-order valence-electron chi connectivity index (χ3n) is 8.08. The van der Waals surface area contributed by atoms with Crippen LogP contribution >= 0.6 is 0 Å². The minimum absolute atomic E-state index is 0.179. The number of rotatable bonds is 7. The summed E-state index contributed by atoms with van der Waals surface area (Å²) in [5.74, 6) is 1.90. The topological polar surface area (TPSA) is 117 Å². The first-order chi connectivity index (χ1) is 23.9. The number of ether oxygens (including phenoxy) is 1. The van der Waals surface area contributed by atoms with Crippen molar-refractivity contribution < 1.29 is 23.0 Å². The lowest BCUT2D eigenvalue weighted by atomic mass is 10.1. The van der Waals surface area contributed by atoms with Gasteiger partial charge in [0, 0.05) is 29.9 Å². The number of halogens is 3. The molecule has 0 radical (unpaired) electrons. The Labute approximate surface area is 289 Å². The van der Waals surface area contributed by atoms with Crippen LogP contribution in [0.3, 0.4) is 0 Å². The summed E-state index contributed by atoms with van der Waals surface area (Å²) in [5.41, 5.74) is 4.95. The quantitative estimate of drug-likeness (QED) is 0.177. The van der Waals surface area contributed by atoms with Crippen molar-refractivity contribution in [2.45, 2.75) is 79.1 Å². The molecule has 262 valence electrons. The molecule has 50 heavy (non-hydrogen) atoms. The predicted molar refractivity (Wildman–Crippen MR) is 186 cm³/mol. The number of fused-ring (bicyclic) bond motifs is 1. The number of methoxy groups -OCH3 is 1. The van der Waals surface area contributed by atoms with Crippen LogP contribution in [0, 0.1) is 13.8 Å². The van der Waals surface area contributed by atoms with E-state index in [9.17, 15) is 13.2 Å². The zero-order valence-electron chi connectivity index (χ0n) is 29.2. The van der Waals surface area contributed by atoms with Gasteiger partial charge in [0.25, 0.3) is 0 Å². The summed E-state index contributed by atoms with van der Waals surface area (Å²) in [6, 6.07) is 12.6. The monoisotopic (exact) mass is 686 g/mol. The molecule has 1 saturated carbocycles. The molecule has 4 aromatic heterocycles. The van der Waals surface area contributed by atoms with E-state index in [4.69, 9.17) is 14.8 Å². The van der Waals surface area contributed by atoms with Crippen LogP contribution in [-0.2, 0) is 12.7 Å². The van der Waals surface area contributed by atoms with Gasteiger partial charge >= 0.3 is 6.18 Å². The van der Waals surface area contributed by atoms with Crippen LogP contribution in [0.25, 0.3) is 33.8 Å². The van der Waals surface area contributed by atoms with Gasteiger partial charge < -0.3 is 14.4 Å². The lowest BCUT2D eigenvalue weighted by Crippen LogP contribution is -2.05. The molecule has 4 heterocycles. The van der Waals surface area contributed by atoms with Gasteiger partial charge in [-0.05, 0) is 57.7 Å². The molecular formula is C37H41F3N8O2. The molecule has 0 bridgehead atoms. The second kappa shape index (κ2) is 15.1. The standard InChI is InChI=1S/C27H25F3N8O.C8H10O.C2H6/c1-15(2)37-13-20(27(28,29)30)35-24(37)18-6-4-16(5-7-18)12-38-25-19(11-34-38)10-31-23(36-25)21-22(17-8-9-17)32-14-33-26(21)39-3;1-6-3-4-8(9)7(2)5-6;1-2/h4-7,10-11,13-15,17H,8-9,12H2,1-3H3;3-5,9H,1-2H3;1-2H3. The number of nitrogens with zero attached hydrogens (tertiary/aromatic N) is 8. The van der Waals surface area contributed by atoms with Crippen molar-refractivity contribution in [3.8, 4) is 34.4 Å². The van der Waals surface area contributed by atoms with Crippen molar-refractivity contribution in [2.75, 3.05) is 7.11 Å². The number of aryl methyl sites for hydroxylation is 2. The molecule has 0 aliphatic heterocycles. The van der Waals surface area contributed by atoms with Crippen LogP contribution in [0.5, 0.6) is 11.6 Å². The number of hydrogen-bond donors (Lipinski definition) is 1. The first-order valence-electron chi connectivity index (χ1n) is 16.5. The van der Waals surface area contributed by atoms with Crippen molar-refractivity contribution in [2.24, 2.45) is 0 Å². The highest BCUT2D eigenvalue weighted by atomic mass is 19.4. The van der Waals surface area contributed by atoms with Crippen molar-refractivity contribution in [1.29, 1.82) is 0 Å². The van der Waals surface area contributed by atoms with Crippen LogP contribution in [0.4, 0.5) is 13.2 Å². The van der Waals surface area contributed by atoms with Crippen LogP contribution in [0.2, 0.25) is 0 Å². The summed E-state index contributed by atoms with van der Waals surface area (Å²) >= 11 is 0. The smallest absolute Gasteiger partial charge is 0.434 e. The van der Waals surface area contributed by atoms with E-state index in [1.165, 1.54) is 16.5 Å². The molecule has 0 unspecified atom stereocenters. The number of aromatic nitrogens is 8. The van der Waals surface area contributed by atoms with Gasteiger partial charge in [-0.2, -0.15) is 18.3 Å². The van der Waals surface area contributed by atoms with Crippen LogP contribution < -0.4 is 4.74 Å². The molecule has 0 atom stereocenters. The molecule has 13 heteroatoms. The highest BCUT2D eigenvalue weighted by Crippen LogP contribution is 2.45. The van der Waals surface area contributed by atoms with Crippen LogP contribution in [0.15, 0.2) is 67.4 Å². The Hall–Kier alpha value is -5.33. The summed E-state index contributed by atoms with van der Waals surface area (Å²) in [5, 5.41) is 14.3. The average molecular weight is 687 g/mol. The van der Waals surface area contributed by atoms with Gasteiger partial charge in [-0.25, -0.2) is 29.6 Å². The zero-order chi connectivity index (χ0) is 36.2. The maximum absolute atomic E-state index is 13.3. The number of phenols is 1. The zero-order valence-corrected chi connectivity index (χ0v) is 29.2. The Morgan fingerprint density at radius 2 is 1.68 bits per heavy atom. The van der Waals surface area contributed by atoms with Crippen LogP contribution in [0.1, 0.15) is 80.6 Å². The Kier molecular flexibility index (Phi) is 10.8. The second-order valence-electron chi connectivity index (χ2n) is 12.1. The Morgan fingerprint density at radius 1 is 0.960 bits per heavy atom. The molecule has 1 aliphatic rings. The van der Waals surface area contributed by atoms with Gasteiger partial charge in [-0.15, -0.1) is 0 Å². The number of alkyl halides is 3. The number of aromatic hydroxyl groups is 1. The van der Waals surface area contributed by atoms with Gasteiger partial charge in [0.05, 0.1) is 30.9 Å². The highest BCUT2D eigenvalue weighted by Gasteiger charge is 2.35. The van der Waals surface area contributed by atoms with Crippen molar-refractivity contribution in [1.82, 2.24) is 39.3 Å². The van der Waals surface area contributed by atoms with Gasteiger partial charge in [-0.3, -0.25) is 0 Å². The van der Waals surface area contributed by atoms with Crippen molar-refractivity contribution >= 4 is 11.0 Å². The molecule has 0 saturated heterocycles. The number of imidazole rings is 1. The molecule has 1 fully saturated rings. The number of benzene rings is 2. The Bertz CT molecular complexity index is 2070. The van der Waals surface area contributed by atoms with Crippen molar-refractivity contribution in [3.63, 3.8) is 0 Å². The van der Waals surface area contributed by atoms with Gasteiger partial charge in [0.15, 0.2) is 17.2 Å². The molecule has 2 aromatic carbocycles. The summed E-state index contributed by atoms with van der Waals surface area (Å²) in [4.78, 5) is 22.0. The van der Waals surface area contributed by atoms with E-state index >= 15 is 0 Å². The molecule has 0 spiro atoms. The van der Waals surface area contributed by atoms with E-state index in [0.717, 1.165) is 41.2 Å². The summed E-state index contributed by atoms with van der Waals surface area (Å²) in [6.45, 7) is 12.0. The minimum Gasteiger partial charge on any atom is -0.508 e. The minimum atomic E-state index is -4.51. The lowest BCUT2D eigenvalue weighted by molar-refractivity contribution is -0.140. The fraction of sp³-hybridized carbons (Fsp3) is 0.351. The normalized spacial score (nSPS) is 12.7. The van der Waals surface area contributed by atoms with Gasteiger partial charge in [-0.1, -0.05) is 55.8 Å². The molecule has 6 aromatic rings. The van der Waals surface area contributed by atoms with E-state index in [2.05, 4.69) is 25.0 Å². The molecule has 1 N–H and O–H groups in total. The molecule has 1 aliphatic carbocycles. The fourth-order valence-corrected chi connectivity index (χ4v) is 5.39.